The van der Waals surface area contributed by atoms with E-state index >= 15 is 0 Å². The number of methoxy groups -OCH3 is 1. The van der Waals surface area contributed by atoms with Crippen molar-refractivity contribution in [3.8, 4) is 0 Å². The van der Waals surface area contributed by atoms with Gasteiger partial charge in [0, 0.05) is 31.6 Å². The van der Waals surface area contributed by atoms with E-state index in [4.69, 9.17) is 4.74 Å². The lowest BCUT2D eigenvalue weighted by molar-refractivity contribution is -0.0112. The van der Waals surface area contributed by atoms with Crippen molar-refractivity contribution in [3.05, 3.63) is 29.6 Å². The van der Waals surface area contributed by atoms with Gasteiger partial charge in [0.2, 0.25) is 0 Å². The molecule has 0 bridgehead atoms. The molecule has 18 heavy (non-hydrogen) atoms. The van der Waals surface area contributed by atoms with Gasteiger partial charge in [0.25, 0.3) is 5.91 Å². The van der Waals surface area contributed by atoms with Crippen molar-refractivity contribution in [2.75, 3.05) is 13.7 Å². The lowest BCUT2D eigenvalue weighted by Gasteiger charge is -2.28. The van der Waals surface area contributed by atoms with Gasteiger partial charge in [-0.25, -0.2) is 0 Å². The summed E-state index contributed by atoms with van der Waals surface area (Å²) >= 11 is 0. The molecule has 1 N–H and O–H groups in total. The molecule has 0 aliphatic heterocycles. The zero-order chi connectivity index (χ0) is 13.2. The van der Waals surface area contributed by atoms with E-state index < -0.39 is 0 Å². The highest BCUT2D eigenvalue weighted by atomic mass is 16.5. The van der Waals surface area contributed by atoms with E-state index in [0.717, 1.165) is 5.56 Å². The number of carbonyl (C=O) groups is 1. The van der Waals surface area contributed by atoms with Crippen LogP contribution in [0.5, 0.6) is 0 Å². The van der Waals surface area contributed by atoms with Crippen molar-refractivity contribution in [1.82, 2.24) is 10.3 Å². The lowest BCUT2D eigenvalue weighted by Crippen LogP contribution is -2.44. The smallest absolute Gasteiger partial charge is 0.251 e. The van der Waals surface area contributed by atoms with Crippen LogP contribution in [0.25, 0.3) is 0 Å². The summed E-state index contributed by atoms with van der Waals surface area (Å²) in [6, 6.07) is 1.74. The minimum Gasteiger partial charge on any atom is -0.376 e. The minimum absolute atomic E-state index is 0.0566. The monoisotopic (exact) mass is 248 g/mol. The number of rotatable bonds is 5. The van der Waals surface area contributed by atoms with Gasteiger partial charge in [0.1, 0.15) is 0 Å². The van der Waals surface area contributed by atoms with Crippen LogP contribution in [0.2, 0.25) is 0 Å². The van der Waals surface area contributed by atoms with Gasteiger partial charge in [-0.15, -0.1) is 0 Å². The summed E-state index contributed by atoms with van der Waals surface area (Å²) in [4.78, 5) is 16.1. The fourth-order valence-corrected chi connectivity index (χ4v) is 2.16. The fraction of sp³-hybridized carbons (Fsp3) is 0.571. The second-order valence-electron chi connectivity index (χ2n) is 5.16. The molecule has 1 fully saturated rings. The molecule has 1 aromatic rings. The van der Waals surface area contributed by atoms with Crippen molar-refractivity contribution in [1.29, 1.82) is 0 Å². The number of nitrogens with one attached hydrogen (secondary N) is 1. The molecular formula is C14H20N2O2. The van der Waals surface area contributed by atoms with E-state index in [1.54, 1.807) is 25.6 Å². The van der Waals surface area contributed by atoms with Crippen LogP contribution < -0.4 is 5.32 Å². The average molecular weight is 248 g/mol. The third-order valence-corrected chi connectivity index (χ3v) is 3.77. The van der Waals surface area contributed by atoms with Crippen LogP contribution in [0.15, 0.2) is 18.5 Å². The van der Waals surface area contributed by atoms with E-state index in [2.05, 4.69) is 17.2 Å². The van der Waals surface area contributed by atoms with E-state index in [1.807, 2.05) is 6.92 Å². The maximum atomic E-state index is 12.1. The highest BCUT2D eigenvalue weighted by molar-refractivity contribution is 5.95. The van der Waals surface area contributed by atoms with Crippen LogP contribution in [0.4, 0.5) is 0 Å². The Morgan fingerprint density at radius 3 is 2.89 bits per heavy atom. The minimum atomic E-state index is -0.239. The molecule has 1 aliphatic rings. The van der Waals surface area contributed by atoms with Crippen LogP contribution in [0, 0.1) is 12.8 Å². The fourth-order valence-electron chi connectivity index (χ4n) is 2.16. The number of ether oxygens (including phenoxy) is 1. The Hall–Kier alpha value is -1.42. The summed E-state index contributed by atoms with van der Waals surface area (Å²) in [5.74, 6) is 0.514. The number of hydrogen-bond acceptors (Lipinski definition) is 3. The highest BCUT2D eigenvalue weighted by Crippen LogP contribution is 2.41. The third-order valence-electron chi connectivity index (χ3n) is 3.77. The molecule has 1 unspecified atom stereocenters. The van der Waals surface area contributed by atoms with Gasteiger partial charge in [0.15, 0.2) is 0 Å². The van der Waals surface area contributed by atoms with Gasteiger partial charge in [-0.1, -0.05) is 0 Å². The Morgan fingerprint density at radius 2 is 2.33 bits per heavy atom. The van der Waals surface area contributed by atoms with Crippen molar-refractivity contribution in [2.24, 2.45) is 5.92 Å². The molecule has 98 valence electrons. The number of nitrogens with zero attached hydrogens (tertiary/aromatic N) is 1. The maximum absolute atomic E-state index is 12.1. The number of aryl methyl sites for hydroxylation is 1. The topological polar surface area (TPSA) is 51.2 Å². The Balaban J connectivity index is 1.98. The van der Waals surface area contributed by atoms with Crippen molar-refractivity contribution in [3.63, 3.8) is 0 Å². The van der Waals surface area contributed by atoms with Crippen molar-refractivity contribution < 1.29 is 9.53 Å². The molecule has 0 saturated heterocycles. The number of amides is 1. The zero-order valence-electron chi connectivity index (χ0n) is 11.2. The van der Waals surface area contributed by atoms with Crippen LogP contribution in [0.3, 0.4) is 0 Å². The summed E-state index contributed by atoms with van der Waals surface area (Å²) < 4.78 is 5.55. The maximum Gasteiger partial charge on any atom is 0.251 e. The van der Waals surface area contributed by atoms with E-state index in [1.165, 1.54) is 12.8 Å². The summed E-state index contributed by atoms with van der Waals surface area (Å²) in [5.41, 5.74) is 1.33. The third kappa shape index (κ3) is 2.70. The van der Waals surface area contributed by atoms with E-state index in [0.29, 0.717) is 18.0 Å². The molecule has 1 aromatic heterocycles. The summed E-state index contributed by atoms with van der Waals surface area (Å²) in [6.07, 6.45) is 5.71. The van der Waals surface area contributed by atoms with Crippen LogP contribution in [-0.2, 0) is 4.74 Å². The Morgan fingerprint density at radius 1 is 1.61 bits per heavy atom. The molecule has 1 saturated carbocycles. The predicted molar refractivity (Wildman–Crippen MR) is 69.4 cm³/mol. The van der Waals surface area contributed by atoms with Gasteiger partial charge in [-0.3, -0.25) is 9.78 Å². The second-order valence-corrected chi connectivity index (χ2v) is 5.16. The Kier molecular flexibility index (Phi) is 3.66. The standard InChI is InChI=1S/C14H20N2O2/c1-10-8-15-7-6-12(10)13(17)16-9-14(2,18-3)11-4-5-11/h6-8,11H,4-5,9H2,1-3H3,(H,16,17). The first-order valence-electron chi connectivity index (χ1n) is 6.31. The molecule has 0 radical (unpaired) electrons. The van der Waals surface area contributed by atoms with Crippen LogP contribution >= 0.6 is 0 Å². The zero-order valence-corrected chi connectivity index (χ0v) is 11.2. The summed E-state index contributed by atoms with van der Waals surface area (Å²) in [6.45, 7) is 4.50. The number of hydrogen-bond donors (Lipinski definition) is 1. The molecular weight excluding hydrogens is 228 g/mol. The van der Waals surface area contributed by atoms with Gasteiger partial charge in [-0.05, 0) is 44.2 Å². The summed E-state index contributed by atoms with van der Waals surface area (Å²) in [7, 11) is 1.71. The molecule has 4 heteroatoms. The number of pyridine rings is 1. The molecule has 1 heterocycles. The molecule has 0 aromatic carbocycles. The molecule has 1 atom stereocenters. The summed E-state index contributed by atoms with van der Waals surface area (Å²) in [5, 5.41) is 2.96. The predicted octanol–water partition coefficient (Wildman–Crippen LogP) is 1.93. The van der Waals surface area contributed by atoms with Gasteiger partial charge in [-0.2, -0.15) is 0 Å². The van der Waals surface area contributed by atoms with Crippen molar-refractivity contribution in [2.45, 2.75) is 32.3 Å². The van der Waals surface area contributed by atoms with Gasteiger partial charge >= 0.3 is 0 Å². The molecule has 4 nitrogen and oxygen atoms in total. The van der Waals surface area contributed by atoms with Gasteiger partial charge in [0.05, 0.1) is 5.60 Å². The first-order chi connectivity index (χ1) is 8.57. The molecule has 1 amide bonds. The highest BCUT2D eigenvalue weighted by Gasteiger charge is 2.41. The normalized spacial score (nSPS) is 18.2. The first-order valence-corrected chi connectivity index (χ1v) is 6.31. The number of carbonyl (C=O) groups excluding carboxylic acids is 1. The molecule has 2 rings (SSSR count). The van der Waals surface area contributed by atoms with Crippen LogP contribution in [0.1, 0.15) is 35.7 Å². The largest absolute Gasteiger partial charge is 0.376 e. The average Bonchev–Trinajstić information content (AvgIpc) is 3.21. The number of aromatic nitrogens is 1. The SMILES string of the molecule is COC(C)(CNC(=O)c1ccncc1C)C1CC1. The molecule has 0 spiro atoms. The lowest BCUT2D eigenvalue weighted by atomic mass is 10.00. The quantitative estimate of drug-likeness (QED) is 0.866. The van der Waals surface area contributed by atoms with E-state index in [9.17, 15) is 4.79 Å². The molecule has 1 aliphatic carbocycles. The Labute approximate surface area is 108 Å². The Bertz CT molecular complexity index is 443. The first kappa shape index (κ1) is 13.0. The van der Waals surface area contributed by atoms with Crippen molar-refractivity contribution >= 4 is 5.91 Å². The van der Waals surface area contributed by atoms with E-state index in [-0.39, 0.29) is 11.5 Å². The second kappa shape index (κ2) is 5.06. The van der Waals surface area contributed by atoms with Crippen LogP contribution in [-0.4, -0.2) is 30.1 Å². The van der Waals surface area contributed by atoms with Gasteiger partial charge < -0.3 is 10.1 Å².